The number of carbonyl (C=O) groups is 4. The maximum absolute atomic E-state index is 13.6. The maximum Gasteiger partial charge on any atom is 0.335 e. The minimum Gasteiger partial charge on any atom is -0.490 e. The first-order valence-electron chi connectivity index (χ1n) is 13.7. The lowest BCUT2D eigenvalue weighted by atomic mass is 10.1. The second-order valence-electron chi connectivity index (χ2n) is 9.64. The predicted molar refractivity (Wildman–Crippen MR) is 167 cm³/mol. The van der Waals surface area contributed by atoms with Gasteiger partial charge in [0.1, 0.15) is 11.3 Å². The zero-order valence-corrected chi connectivity index (χ0v) is 25.9. The molecule has 1 aliphatic rings. The Morgan fingerprint density at radius 3 is 2.47 bits per heavy atom. The molecule has 0 atom stereocenters. The Morgan fingerprint density at radius 2 is 1.72 bits per heavy atom. The number of rotatable bonds is 11. The van der Waals surface area contributed by atoms with E-state index in [9.17, 15) is 19.2 Å². The van der Waals surface area contributed by atoms with Crippen LogP contribution in [0.3, 0.4) is 0 Å². The Morgan fingerprint density at radius 1 is 0.953 bits per heavy atom. The number of amides is 5. The van der Waals surface area contributed by atoms with Crippen molar-refractivity contribution in [2.24, 2.45) is 0 Å². The monoisotopic (exact) mass is 649 g/mol. The summed E-state index contributed by atoms with van der Waals surface area (Å²) in [5.41, 5.74) is 2.91. The van der Waals surface area contributed by atoms with Gasteiger partial charge < -0.3 is 19.5 Å². The molecule has 2 N–H and O–H groups in total. The van der Waals surface area contributed by atoms with Gasteiger partial charge in [0, 0.05) is 21.8 Å². The largest absolute Gasteiger partial charge is 0.490 e. The number of carbonyl (C=O) groups excluding carboxylic acids is 4. The summed E-state index contributed by atoms with van der Waals surface area (Å²) in [5, 5.41) is 5.06. The predicted octanol–water partition coefficient (Wildman–Crippen LogP) is 5.94. The molecule has 1 saturated heterocycles. The van der Waals surface area contributed by atoms with Gasteiger partial charge >= 0.3 is 6.03 Å². The smallest absolute Gasteiger partial charge is 0.335 e. The van der Waals surface area contributed by atoms with E-state index in [2.05, 4.69) is 26.6 Å². The first kappa shape index (κ1) is 31.3. The van der Waals surface area contributed by atoms with Gasteiger partial charge in [-0.15, -0.1) is 0 Å². The van der Waals surface area contributed by atoms with E-state index in [0.717, 1.165) is 22.4 Å². The van der Waals surface area contributed by atoms with Crippen LogP contribution in [0.25, 0.3) is 6.08 Å². The number of barbiturate groups is 1. The van der Waals surface area contributed by atoms with Crippen molar-refractivity contribution in [1.82, 2.24) is 5.32 Å². The molecule has 1 heterocycles. The quantitative estimate of drug-likeness (QED) is 0.195. The molecule has 224 valence electrons. The molecule has 3 aromatic carbocycles. The molecule has 5 amide bonds. The molecule has 0 radical (unpaired) electrons. The summed E-state index contributed by atoms with van der Waals surface area (Å²) < 4.78 is 17.8. The zero-order chi connectivity index (χ0) is 31.1. The van der Waals surface area contributed by atoms with E-state index in [1.54, 1.807) is 43.3 Å². The fourth-order valence-corrected chi connectivity index (χ4v) is 4.64. The molecule has 43 heavy (non-hydrogen) atoms. The van der Waals surface area contributed by atoms with E-state index in [-0.39, 0.29) is 29.5 Å². The van der Waals surface area contributed by atoms with Gasteiger partial charge in [-0.25, -0.2) is 9.69 Å². The molecule has 0 saturated carbocycles. The molecule has 0 aromatic heterocycles. The van der Waals surface area contributed by atoms with Gasteiger partial charge in [-0.05, 0) is 80.8 Å². The SMILES string of the molecule is CCCOc1ccc(N2C(=O)NC(=O)/C(=C\c3cc(Br)ccc3OCC(=O)Nc3cccc(C)c3C)C2=O)cc1OCC. The topological polar surface area (TPSA) is 123 Å². The number of aryl methyl sites for hydroxylation is 1. The minimum absolute atomic E-state index is 0.196. The third kappa shape index (κ3) is 7.42. The number of nitrogens with one attached hydrogen (secondary N) is 2. The summed E-state index contributed by atoms with van der Waals surface area (Å²) >= 11 is 3.40. The van der Waals surface area contributed by atoms with Crippen LogP contribution in [-0.4, -0.2) is 43.6 Å². The lowest BCUT2D eigenvalue weighted by Crippen LogP contribution is -2.54. The molecular weight excluding hydrogens is 618 g/mol. The molecular formula is C32H32BrN3O7. The number of hydrogen-bond acceptors (Lipinski definition) is 7. The number of ether oxygens (including phenoxy) is 3. The van der Waals surface area contributed by atoms with E-state index < -0.39 is 17.8 Å². The van der Waals surface area contributed by atoms with Crippen LogP contribution in [0.5, 0.6) is 17.2 Å². The zero-order valence-electron chi connectivity index (χ0n) is 24.3. The van der Waals surface area contributed by atoms with Crippen LogP contribution >= 0.6 is 15.9 Å². The summed E-state index contributed by atoms with van der Waals surface area (Å²) in [4.78, 5) is 52.8. The highest BCUT2D eigenvalue weighted by atomic mass is 79.9. The molecule has 10 nitrogen and oxygen atoms in total. The minimum atomic E-state index is -0.898. The second kappa shape index (κ2) is 14.0. The molecule has 0 aliphatic carbocycles. The fourth-order valence-electron chi connectivity index (χ4n) is 4.26. The van der Waals surface area contributed by atoms with Crippen LogP contribution in [0.15, 0.2) is 64.6 Å². The van der Waals surface area contributed by atoms with Crippen LogP contribution in [0.2, 0.25) is 0 Å². The molecule has 1 fully saturated rings. The molecule has 0 spiro atoms. The standard InChI is InChI=1S/C32H32BrN3O7/c1-5-14-42-27-13-11-23(17-28(27)41-6-2)36-31(39)24(30(38)35-32(36)40)16-21-15-22(33)10-12-26(21)43-18-29(37)34-25-9-7-8-19(3)20(25)4/h7-13,15-17H,5-6,14,18H2,1-4H3,(H,34,37)(H,35,38,40)/b24-16+. The lowest BCUT2D eigenvalue weighted by Gasteiger charge is -2.27. The number of urea groups is 1. The highest BCUT2D eigenvalue weighted by molar-refractivity contribution is 9.10. The van der Waals surface area contributed by atoms with Crippen molar-refractivity contribution in [3.63, 3.8) is 0 Å². The summed E-state index contributed by atoms with van der Waals surface area (Å²) in [7, 11) is 0. The highest BCUT2D eigenvalue weighted by Gasteiger charge is 2.37. The van der Waals surface area contributed by atoms with Crippen molar-refractivity contribution >= 4 is 57.1 Å². The number of halogens is 1. The van der Waals surface area contributed by atoms with Crippen molar-refractivity contribution in [3.05, 3.63) is 81.3 Å². The first-order chi connectivity index (χ1) is 20.6. The van der Waals surface area contributed by atoms with Crippen molar-refractivity contribution in [2.75, 3.05) is 30.0 Å². The molecule has 0 bridgehead atoms. The van der Waals surface area contributed by atoms with Crippen LogP contribution in [0, 0.1) is 13.8 Å². The Balaban J connectivity index is 1.60. The Kier molecular flexibility index (Phi) is 10.2. The van der Waals surface area contributed by atoms with Gasteiger partial charge in [-0.2, -0.15) is 0 Å². The number of nitrogens with zero attached hydrogens (tertiary/aromatic N) is 1. The normalized spacial score (nSPS) is 14.0. The Labute approximate surface area is 258 Å². The maximum atomic E-state index is 13.6. The van der Waals surface area contributed by atoms with Gasteiger partial charge in [0.05, 0.1) is 18.9 Å². The van der Waals surface area contributed by atoms with Crippen LogP contribution in [0.1, 0.15) is 37.0 Å². The van der Waals surface area contributed by atoms with Crippen molar-refractivity contribution in [1.29, 1.82) is 0 Å². The van der Waals surface area contributed by atoms with E-state index in [1.165, 1.54) is 12.1 Å². The fraction of sp³-hybridized carbons (Fsp3) is 0.250. The van der Waals surface area contributed by atoms with Crippen LogP contribution in [-0.2, 0) is 14.4 Å². The van der Waals surface area contributed by atoms with E-state index >= 15 is 0 Å². The number of hydrogen-bond donors (Lipinski definition) is 2. The molecule has 0 unspecified atom stereocenters. The average Bonchev–Trinajstić information content (AvgIpc) is 2.97. The number of benzene rings is 3. The average molecular weight is 651 g/mol. The molecule has 4 rings (SSSR count). The number of imide groups is 2. The highest BCUT2D eigenvalue weighted by Crippen LogP contribution is 2.34. The van der Waals surface area contributed by atoms with Crippen molar-refractivity contribution < 1.29 is 33.4 Å². The summed E-state index contributed by atoms with van der Waals surface area (Å²) in [6, 6.07) is 14.3. The van der Waals surface area contributed by atoms with E-state index in [0.29, 0.717) is 40.4 Å². The van der Waals surface area contributed by atoms with Gasteiger partial charge in [-0.3, -0.25) is 19.7 Å². The Hall–Kier alpha value is -4.64. The molecule has 3 aromatic rings. The second-order valence-corrected chi connectivity index (χ2v) is 10.6. The molecule has 11 heteroatoms. The third-order valence-electron chi connectivity index (χ3n) is 6.56. The lowest BCUT2D eigenvalue weighted by molar-refractivity contribution is -0.122. The van der Waals surface area contributed by atoms with Gasteiger partial charge in [0.25, 0.3) is 17.7 Å². The summed E-state index contributed by atoms with van der Waals surface area (Å²) in [6.07, 6.45) is 2.11. The van der Waals surface area contributed by atoms with Gasteiger partial charge in [-0.1, -0.05) is 35.0 Å². The molecule has 1 aliphatic heterocycles. The van der Waals surface area contributed by atoms with E-state index in [4.69, 9.17) is 14.2 Å². The summed E-state index contributed by atoms with van der Waals surface area (Å²) in [5.74, 6) is -0.989. The van der Waals surface area contributed by atoms with Crippen LogP contribution < -0.4 is 29.7 Å². The summed E-state index contributed by atoms with van der Waals surface area (Å²) in [6.45, 7) is 8.13. The van der Waals surface area contributed by atoms with Crippen molar-refractivity contribution in [2.45, 2.75) is 34.1 Å². The van der Waals surface area contributed by atoms with Crippen molar-refractivity contribution in [3.8, 4) is 17.2 Å². The number of anilines is 2. The van der Waals surface area contributed by atoms with E-state index in [1.807, 2.05) is 32.9 Å². The third-order valence-corrected chi connectivity index (χ3v) is 7.05. The Bertz CT molecular complexity index is 1600. The van der Waals surface area contributed by atoms with Gasteiger partial charge in [0.2, 0.25) is 0 Å². The van der Waals surface area contributed by atoms with Gasteiger partial charge in [0.15, 0.2) is 18.1 Å². The first-order valence-corrected chi connectivity index (χ1v) is 14.5. The van der Waals surface area contributed by atoms with Crippen LogP contribution in [0.4, 0.5) is 16.2 Å².